The van der Waals surface area contributed by atoms with Crippen LogP contribution < -0.4 is 5.73 Å². The summed E-state index contributed by atoms with van der Waals surface area (Å²) in [6, 6.07) is 6.02. The van der Waals surface area contributed by atoms with Crippen LogP contribution in [-0.4, -0.2) is 16.5 Å². The molecule has 0 bridgehead atoms. The van der Waals surface area contributed by atoms with Crippen molar-refractivity contribution >= 4 is 10.8 Å². The van der Waals surface area contributed by atoms with E-state index in [4.69, 9.17) is 5.73 Å². The minimum Gasteiger partial charge on any atom is -0.330 e. The van der Waals surface area contributed by atoms with E-state index in [9.17, 15) is 8.60 Å². The molecule has 18 heavy (non-hydrogen) atoms. The van der Waals surface area contributed by atoms with Gasteiger partial charge in [0.05, 0.1) is 10.8 Å². The first-order chi connectivity index (χ1) is 8.44. The first kappa shape index (κ1) is 15.3. The van der Waals surface area contributed by atoms with Crippen molar-refractivity contribution in [2.45, 2.75) is 38.0 Å². The Morgan fingerprint density at radius 2 is 2.06 bits per heavy atom. The summed E-state index contributed by atoms with van der Waals surface area (Å²) >= 11 is 0. The second-order valence-electron chi connectivity index (χ2n) is 5.33. The van der Waals surface area contributed by atoms with Crippen molar-refractivity contribution < 1.29 is 8.60 Å². The van der Waals surface area contributed by atoms with Gasteiger partial charge in [0, 0.05) is 10.6 Å². The second kappa shape index (κ2) is 7.00. The highest BCUT2D eigenvalue weighted by molar-refractivity contribution is 7.85. The molecule has 1 unspecified atom stereocenters. The molecule has 0 aliphatic carbocycles. The summed E-state index contributed by atoms with van der Waals surface area (Å²) in [5.74, 6) is 0.259. The Hall–Kier alpha value is -0.740. The second-order valence-corrected chi connectivity index (χ2v) is 6.90. The average molecular weight is 271 g/mol. The van der Waals surface area contributed by atoms with Crippen LogP contribution in [0.25, 0.3) is 0 Å². The highest BCUT2D eigenvalue weighted by atomic mass is 32.2. The molecule has 2 N–H and O–H groups in total. The van der Waals surface area contributed by atoms with Crippen molar-refractivity contribution in [1.82, 2.24) is 0 Å². The van der Waals surface area contributed by atoms with Crippen LogP contribution in [-0.2, 0) is 10.8 Å². The number of benzene rings is 1. The standard InChI is InChI=1S/C14H22FNOS/c1-14(2,11-16)8-3-4-9-18(17)13-7-5-6-12(15)10-13/h5-7,10H,3-4,8-9,11,16H2,1-2H3. The van der Waals surface area contributed by atoms with Crippen LogP contribution in [0, 0.1) is 11.2 Å². The number of hydrogen-bond acceptors (Lipinski definition) is 2. The van der Waals surface area contributed by atoms with Crippen LogP contribution >= 0.6 is 0 Å². The number of nitrogens with two attached hydrogens (primary N) is 1. The molecule has 1 aromatic rings. The van der Waals surface area contributed by atoms with Gasteiger partial charge in [-0.3, -0.25) is 4.21 Å². The summed E-state index contributed by atoms with van der Waals surface area (Å²) < 4.78 is 24.9. The summed E-state index contributed by atoms with van der Waals surface area (Å²) in [5, 5.41) is 0. The van der Waals surface area contributed by atoms with E-state index < -0.39 is 10.8 Å². The molecule has 0 heterocycles. The predicted molar refractivity (Wildman–Crippen MR) is 74.4 cm³/mol. The molecule has 0 radical (unpaired) electrons. The molecule has 1 atom stereocenters. The van der Waals surface area contributed by atoms with Crippen molar-refractivity contribution in [1.29, 1.82) is 0 Å². The van der Waals surface area contributed by atoms with Gasteiger partial charge in [0.2, 0.25) is 0 Å². The van der Waals surface area contributed by atoms with Crippen LogP contribution in [0.15, 0.2) is 29.2 Å². The third kappa shape index (κ3) is 5.27. The van der Waals surface area contributed by atoms with Crippen LogP contribution in [0.5, 0.6) is 0 Å². The van der Waals surface area contributed by atoms with E-state index in [1.165, 1.54) is 12.1 Å². The van der Waals surface area contributed by atoms with Gasteiger partial charge in [-0.1, -0.05) is 26.3 Å². The minimum atomic E-state index is -1.10. The molecule has 0 amide bonds. The number of unbranched alkanes of at least 4 members (excludes halogenated alkanes) is 1. The maximum Gasteiger partial charge on any atom is 0.124 e. The summed E-state index contributed by atoms with van der Waals surface area (Å²) in [6.07, 6.45) is 2.92. The van der Waals surface area contributed by atoms with Crippen LogP contribution in [0.3, 0.4) is 0 Å². The Bertz CT molecular complexity index is 407. The minimum absolute atomic E-state index is 0.153. The molecule has 0 saturated heterocycles. The highest BCUT2D eigenvalue weighted by Crippen LogP contribution is 2.21. The summed E-state index contributed by atoms with van der Waals surface area (Å²) in [6.45, 7) is 4.94. The zero-order valence-corrected chi connectivity index (χ0v) is 11.9. The van der Waals surface area contributed by atoms with Gasteiger partial charge in [-0.05, 0) is 43.0 Å². The van der Waals surface area contributed by atoms with Gasteiger partial charge in [-0.15, -0.1) is 0 Å². The molecule has 102 valence electrons. The molecular weight excluding hydrogens is 249 g/mol. The third-order valence-corrected chi connectivity index (χ3v) is 4.48. The molecule has 0 aliphatic heterocycles. The van der Waals surface area contributed by atoms with Crippen LogP contribution in [0.1, 0.15) is 33.1 Å². The van der Waals surface area contributed by atoms with E-state index >= 15 is 0 Å². The Labute approximate surface area is 111 Å². The number of rotatable bonds is 7. The van der Waals surface area contributed by atoms with Gasteiger partial charge in [0.15, 0.2) is 0 Å². The Morgan fingerprint density at radius 1 is 1.33 bits per heavy atom. The average Bonchev–Trinajstić information content (AvgIpc) is 2.34. The van der Waals surface area contributed by atoms with Gasteiger partial charge in [-0.2, -0.15) is 0 Å². The van der Waals surface area contributed by atoms with Crippen LogP contribution in [0.2, 0.25) is 0 Å². The molecular formula is C14H22FNOS. The molecule has 1 aromatic carbocycles. The van der Waals surface area contributed by atoms with E-state index in [2.05, 4.69) is 13.8 Å². The first-order valence-electron chi connectivity index (χ1n) is 6.29. The topological polar surface area (TPSA) is 43.1 Å². The van der Waals surface area contributed by atoms with Crippen molar-refractivity contribution in [3.8, 4) is 0 Å². The quantitative estimate of drug-likeness (QED) is 0.774. The van der Waals surface area contributed by atoms with E-state index in [-0.39, 0.29) is 11.2 Å². The van der Waals surface area contributed by atoms with Gasteiger partial charge >= 0.3 is 0 Å². The lowest BCUT2D eigenvalue weighted by Gasteiger charge is -2.21. The fraction of sp³-hybridized carbons (Fsp3) is 0.571. The van der Waals surface area contributed by atoms with Crippen molar-refractivity contribution in [3.63, 3.8) is 0 Å². The summed E-state index contributed by atoms with van der Waals surface area (Å²) in [7, 11) is -1.10. The highest BCUT2D eigenvalue weighted by Gasteiger charge is 2.14. The zero-order chi connectivity index (χ0) is 13.6. The normalized spacial score (nSPS) is 13.6. The maximum absolute atomic E-state index is 13.0. The van der Waals surface area contributed by atoms with Gasteiger partial charge in [-0.25, -0.2) is 4.39 Å². The van der Waals surface area contributed by atoms with Gasteiger partial charge in [0.25, 0.3) is 0 Å². The number of hydrogen-bond donors (Lipinski definition) is 1. The summed E-state index contributed by atoms with van der Waals surface area (Å²) in [5.41, 5.74) is 5.81. The molecule has 0 fully saturated rings. The maximum atomic E-state index is 13.0. The molecule has 0 aliphatic rings. The number of halogens is 1. The van der Waals surface area contributed by atoms with Crippen molar-refractivity contribution in [2.75, 3.05) is 12.3 Å². The van der Waals surface area contributed by atoms with E-state index in [1.54, 1.807) is 12.1 Å². The molecule has 0 aromatic heterocycles. The van der Waals surface area contributed by atoms with E-state index in [0.717, 1.165) is 19.3 Å². The Morgan fingerprint density at radius 3 is 2.67 bits per heavy atom. The molecule has 4 heteroatoms. The fourth-order valence-corrected chi connectivity index (χ4v) is 2.84. The van der Waals surface area contributed by atoms with Gasteiger partial charge in [0.1, 0.15) is 5.82 Å². The van der Waals surface area contributed by atoms with Crippen molar-refractivity contribution in [3.05, 3.63) is 30.1 Å². The SMILES string of the molecule is CC(C)(CN)CCCCS(=O)c1cccc(F)c1. The lowest BCUT2D eigenvalue weighted by molar-refractivity contribution is 0.336. The largest absolute Gasteiger partial charge is 0.330 e. The zero-order valence-electron chi connectivity index (χ0n) is 11.1. The lowest BCUT2D eigenvalue weighted by Crippen LogP contribution is -2.23. The fourth-order valence-electron chi connectivity index (χ4n) is 1.67. The monoisotopic (exact) mass is 271 g/mol. The molecule has 1 rings (SSSR count). The van der Waals surface area contributed by atoms with E-state index in [0.29, 0.717) is 17.2 Å². The third-order valence-electron chi connectivity index (χ3n) is 3.04. The Balaban J connectivity index is 2.34. The Kier molecular flexibility index (Phi) is 5.96. The first-order valence-corrected chi connectivity index (χ1v) is 7.60. The lowest BCUT2D eigenvalue weighted by atomic mass is 9.88. The molecule has 2 nitrogen and oxygen atoms in total. The smallest absolute Gasteiger partial charge is 0.124 e. The summed E-state index contributed by atoms with van der Waals surface area (Å²) in [4.78, 5) is 0.577. The molecule has 0 saturated carbocycles. The van der Waals surface area contributed by atoms with E-state index in [1.807, 2.05) is 0 Å². The van der Waals surface area contributed by atoms with Crippen LogP contribution in [0.4, 0.5) is 4.39 Å². The predicted octanol–water partition coefficient (Wildman–Crippen LogP) is 3.09. The van der Waals surface area contributed by atoms with Crippen molar-refractivity contribution in [2.24, 2.45) is 11.1 Å². The van der Waals surface area contributed by atoms with Gasteiger partial charge < -0.3 is 5.73 Å². The molecule has 0 spiro atoms.